The average Bonchev–Trinajstić information content (AvgIpc) is 2.85. The van der Waals surface area contributed by atoms with Crippen LogP contribution in [0, 0.1) is 6.92 Å². The van der Waals surface area contributed by atoms with Gasteiger partial charge in [-0.3, -0.25) is 19.7 Å². The van der Waals surface area contributed by atoms with E-state index in [1.807, 2.05) is 19.1 Å². The van der Waals surface area contributed by atoms with Gasteiger partial charge in [-0.1, -0.05) is 17.7 Å². The summed E-state index contributed by atoms with van der Waals surface area (Å²) in [5.41, 5.74) is 1.68. The van der Waals surface area contributed by atoms with E-state index < -0.39 is 36.0 Å². The van der Waals surface area contributed by atoms with Crippen LogP contribution in [0.2, 0.25) is 0 Å². The van der Waals surface area contributed by atoms with Gasteiger partial charge in [-0.15, -0.1) is 0 Å². The molecule has 4 amide bonds. The standard InChI is InChI=1S/C16H19N3O5/c1-9-3-5-11(6-4-9)17-14(21)10(2)24-13(20)8-7-12-15(22)19-16(23)18-12/h3-6,10,12H,7-8H2,1-2H3,(H,17,21)(H2,18,19,22,23)/t10-,12+/m0/s1. The molecule has 1 aromatic carbocycles. The summed E-state index contributed by atoms with van der Waals surface area (Å²) >= 11 is 0. The molecule has 1 saturated heterocycles. The van der Waals surface area contributed by atoms with Crippen LogP contribution in [0.5, 0.6) is 0 Å². The van der Waals surface area contributed by atoms with Crippen molar-refractivity contribution in [1.82, 2.24) is 10.6 Å². The Morgan fingerprint density at radius 2 is 1.92 bits per heavy atom. The monoisotopic (exact) mass is 333 g/mol. The first kappa shape index (κ1) is 17.5. The van der Waals surface area contributed by atoms with E-state index in [0.717, 1.165) is 5.56 Å². The van der Waals surface area contributed by atoms with E-state index in [2.05, 4.69) is 16.0 Å². The topological polar surface area (TPSA) is 114 Å². The number of amides is 4. The van der Waals surface area contributed by atoms with Crippen molar-refractivity contribution in [3.8, 4) is 0 Å². The van der Waals surface area contributed by atoms with E-state index in [1.54, 1.807) is 12.1 Å². The van der Waals surface area contributed by atoms with Crippen molar-refractivity contribution in [2.75, 3.05) is 5.32 Å². The molecule has 2 atom stereocenters. The van der Waals surface area contributed by atoms with Crippen LogP contribution in [0.25, 0.3) is 0 Å². The van der Waals surface area contributed by atoms with E-state index in [0.29, 0.717) is 5.69 Å². The molecule has 0 saturated carbocycles. The summed E-state index contributed by atoms with van der Waals surface area (Å²) in [6.07, 6.45) is -0.936. The molecule has 2 rings (SSSR count). The lowest BCUT2D eigenvalue weighted by molar-refractivity contribution is -0.153. The second kappa shape index (κ2) is 7.58. The highest BCUT2D eigenvalue weighted by molar-refractivity contribution is 6.04. The predicted octanol–water partition coefficient (Wildman–Crippen LogP) is 0.853. The van der Waals surface area contributed by atoms with Crippen LogP contribution < -0.4 is 16.0 Å². The maximum atomic E-state index is 12.0. The first-order chi connectivity index (χ1) is 11.3. The molecule has 1 aliphatic heterocycles. The summed E-state index contributed by atoms with van der Waals surface area (Å²) in [6, 6.07) is 5.89. The Morgan fingerprint density at radius 1 is 1.25 bits per heavy atom. The van der Waals surface area contributed by atoms with E-state index in [-0.39, 0.29) is 12.8 Å². The Balaban J connectivity index is 1.76. The molecule has 0 bridgehead atoms. The second-order valence-electron chi connectivity index (χ2n) is 5.54. The summed E-state index contributed by atoms with van der Waals surface area (Å²) < 4.78 is 5.03. The van der Waals surface area contributed by atoms with Crippen molar-refractivity contribution in [3.05, 3.63) is 29.8 Å². The minimum atomic E-state index is -0.967. The summed E-state index contributed by atoms with van der Waals surface area (Å²) in [6.45, 7) is 3.40. The number of carbonyl (C=O) groups excluding carboxylic acids is 4. The van der Waals surface area contributed by atoms with Gasteiger partial charge in [0, 0.05) is 12.1 Å². The number of nitrogens with one attached hydrogen (secondary N) is 3. The van der Waals surface area contributed by atoms with E-state index in [9.17, 15) is 19.2 Å². The van der Waals surface area contributed by atoms with Gasteiger partial charge in [0.1, 0.15) is 6.04 Å². The molecule has 0 aromatic heterocycles. The number of carbonyl (C=O) groups is 4. The molecule has 8 heteroatoms. The highest BCUT2D eigenvalue weighted by Crippen LogP contribution is 2.10. The predicted molar refractivity (Wildman–Crippen MR) is 85.1 cm³/mol. The summed E-state index contributed by atoms with van der Waals surface area (Å²) in [5, 5.41) is 7.11. The van der Waals surface area contributed by atoms with Crippen molar-refractivity contribution in [1.29, 1.82) is 0 Å². The van der Waals surface area contributed by atoms with Gasteiger partial charge in [-0.05, 0) is 32.4 Å². The largest absolute Gasteiger partial charge is 0.453 e. The highest BCUT2D eigenvalue weighted by atomic mass is 16.5. The fourth-order valence-electron chi connectivity index (χ4n) is 2.11. The van der Waals surface area contributed by atoms with Gasteiger partial charge in [0.05, 0.1) is 0 Å². The maximum Gasteiger partial charge on any atom is 0.322 e. The number of hydrogen-bond donors (Lipinski definition) is 3. The third-order valence-electron chi connectivity index (χ3n) is 3.49. The van der Waals surface area contributed by atoms with Crippen LogP contribution in [0.3, 0.4) is 0 Å². The lowest BCUT2D eigenvalue weighted by Gasteiger charge is -2.14. The Kier molecular flexibility index (Phi) is 5.51. The van der Waals surface area contributed by atoms with Gasteiger partial charge < -0.3 is 15.4 Å². The number of urea groups is 1. The third kappa shape index (κ3) is 4.80. The molecule has 1 heterocycles. The SMILES string of the molecule is Cc1ccc(NC(=O)[C@H](C)OC(=O)CC[C@H]2NC(=O)NC2=O)cc1. The number of ether oxygens (including phenoxy) is 1. The quantitative estimate of drug-likeness (QED) is 0.528. The lowest BCUT2D eigenvalue weighted by atomic mass is 10.1. The molecule has 3 N–H and O–H groups in total. The normalized spacial score (nSPS) is 17.7. The molecular formula is C16H19N3O5. The average molecular weight is 333 g/mol. The third-order valence-corrected chi connectivity index (χ3v) is 3.49. The van der Waals surface area contributed by atoms with Crippen molar-refractivity contribution in [2.45, 2.75) is 38.8 Å². The summed E-state index contributed by atoms with van der Waals surface area (Å²) in [7, 11) is 0. The van der Waals surface area contributed by atoms with Gasteiger partial charge in [0.25, 0.3) is 11.8 Å². The fraction of sp³-hybridized carbons (Fsp3) is 0.375. The maximum absolute atomic E-state index is 12.0. The fourth-order valence-corrected chi connectivity index (χ4v) is 2.11. The zero-order valence-corrected chi connectivity index (χ0v) is 13.4. The van der Waals surface area contributed by atoms with Crippen LogP contribution in [-0.2, 0) is 19.1 Å². The minimum Gasteiger partial charge on any atom is -0.453 e. The molecule has 24 heavy (non-hydrogen) atoms. The molecule has 0 radical (unpaired) electrons. The first-order valence-electron chi connectivity index (χ1n) is 7.53. The molecule has 8 nitrogen and oxygen atoms in total. The smallest absolute Gasteiger partial charge is 0.322 e. The number of rotatable bonds is 6. The van der Waals surface area contributed by atoms with Gasteiger partial charge >= 0.3 is 12.0 Å². The van der Waals surface area contributed by atoms with Crippen molar-refractivity contribution in [3.63, 3.8) is 0 Å². The number of benzene rings is 1. The van der Waals surface area contributed by atoms with Gasteiger partial charge in [0.15, 0.2) is 6.10 Å². The number of imide groups is 1. The number of anilines is 1. The lowest BCUT2D eigenvalue weighted by Crippen LogP contribution is -2.32. The van der Waals surface area contributed by atoms with Gasteiger partial charge in [-0.25, -0.2) is 4.79 Å². The molecule has 128 valence electrons. The number of aryl methyl sites for hydroxylation is 1. The molecule has 1 aromatic rings. The van der Waals surface area contributed by atoms with Crippen LogP contribution in [0.1, 0.15) is 25.3 Å². The van der Waals surface area contributed by atoms with E-state index in [1.165, 1.54) is 6.92 Å². The summed E-state index contributed by atoms with van der Waals surface area (Å²) in [5.74, 6) is -1.53. The van der Waals surface area contributed by atoms with Crippen LogP contribution in [-0.4, -0.2) is 36.0 Å². The molecule has 0 aliphatic carbocycles. The second-order valence-corrected chi connectivity index (χ2v) is 5.54. The van der Waals surface area contributed by atoms with Gasteiger partial charge in [-0.2, -0.15) is 0 Å². The van der Waals surface area contributed by atoms with Crippen molar-refractivity contribution < 1.29 is 23.9 Å². The van der Waals surface area contributed by atoms with E-state index >= 15 is 0 Å². The Bertz CT molecular complexity index is 656. The van der Waals surface area contributed by atoms with Crippen LogP contribution in [0.15, 0.2) is 24.3 Å². The number of hydrogen-bond acceptors (Lipinski definition) is 5. The zero-order chi connectivity index (χ0) is 17.7. The minimum absolute atomic E-state index is 0.0828. The molecule has 0 unspecified atom stereocenters. The van der Waals surface area contributed by atoms with E-state index in [4.69, 9.17) is 4.74 Å². The van der Waals surface area contributed by atoms with Gasteiger partial charge in [0.2, 0.25) is 0 Å². The van der Waals surface area contributed by atoms with Crippen LogP contribution in [0.4, 0.5) is 10.5 Å². The molecule has 1 fully saturated rings. The van der Waals surface area contributed by atoms with Crippen molar-refractivity contribution in [2.24, 2.45) is 0 Å². The van der Waals surface area contributed by atoms with Crippen molar-refractivity contribution >= 4 is 29.5 Å². The molecule has 0 spiro atoms. The Hall–Kier alpha value is -2.90. The molecule has 1 aliphatic rings. The highest BCUT2D eigenvalue weighted by Gasteiger charge is 2.30. The summed E-state index contributed by atoms with van der Waals surface area (Å²) in [4.78, 5) is 46.0. The first-order valence-corrected chi connectivity index (χ1v) is 7.53. The van der Waals surface area contributed by atoms with Crippen LogP contribution >= 0.6 is 0 Å². The molecular weight excluding hydrogens is 314 g/mol. The zero-order valence-electron chi connectivity index (χ0n) is 13.4. The number of esters is 1. The Labute approximate surface area is 138 Å². The Morgan fingerprint density at radius 3 is 2.50 bits per heavy atom.